The third-order valence-electron chi connectivity index (χ3n) is 3.38. The lowest BCUT2D eigenvalue weighted by Gasteiger charge is -2.16. The van der Waals surface area contributed by atoms with Crippen LogP contribution in [0.3, 0.4) is 0 Å². The van der Waals surface area contributed by atoms with Gasteiger partial charge in [-0.1, -0.05) is 27.8 Å². The van der Waals surface area contributed by atoms with E-state index in [1.807, 2.05) is 24.3 Å². The van der Waals surface area contributed by atoms with Gasteiger partial charge in [0, 0.05) is 21.2 Å². The maximum atomic E-state index is 12.1. The van der Waals surface area contributed by atoms with Crippen LogP contribution in [0.1, 0.15) is 28.4 Å². The number of benzene rings is 2. The quantitative estimate of drug-likeness (QED) is 0.686. The van der Waals surface area contributed by atoms with Crippen molar-refractivity contribution in [2.24, 2.45) is 0 Å². The number of halogens is 1. The summed E-state index contributed by atoms with van der Waals surface area (Å²) < 4.78 is 0.977. The molecule has 2 atom stereocenters. The minimum atomic E-state index is -1.36. The Hall–Kier alpha value is -2.62. The van der Waals surface area contributed by atoms with Gasteiger partial charge in [0.2, 0.25) is 0 Å². The summed E-state index contributed by atoms with van der Waals surface area (Å²) in [6, 6.07) is 12.7. The number of nitrogens with one attached hydrogen (secondary N) is 1. The number of carboxylic acid groups (broad SMARTS) is 1. The number of amides is 1. The van der Waals surface area contributed by atoms with Gasteiger partial charge >= 0.3 is 5.97 Å². The molecule has 2 aromatic carbocycles. The van der Waals surface area contributed by atoms with Crippen molar-refractivity contribution in [3.8, 4) is 11.8 Å². The molecule has 6 heteroatoms. The number of hydrogen-bond donors (Lipinski definition) is 3. The lowest BCUT2D eigenvalue weighted by molar-refractivity contribution is -0.141. The molecule has 2 rings (SSSR count). The molecule has 0 aliphatic rings. The van der Waals surface area contributed by atoms with Gasteiger partial charge in [0.15, 0.2) is 6.04 Å². The molecule has 0 aliphatic carbocycles. The van der Waals surface area contributed by atoms with Crippen LogP contribution >= 0.6 is 15.9 Å². The predicted octanol–water partition coefficient (Wildman–Crippen LogP) is 2.41. The molecule has 0 fully saturated rings. The van der Waals surface area contributed by atoms with Crippen molar-refractivity contribution in [2.45, 2.75) is 19.1 Å². The van der Waals surface area contributed by atoms with Crippen molar-refractivity contribution in [3.05, 3.63) is 69.7 Å². The zero-order valence-electron chi connectivity index (χ0n) is 13.4. The highest BCUT2D eigenvalue weighted by molar-refractivity contribution is 9.10. The molecule has 0 aromatic heterocycles. The average Bonchev–Trinajstić information content (AvgIpc) is 2.59. The van der Waals surface area contributed by atoms with Crippen molar-refractivity contribution in [2.75, 3.05) is 0 Å². The van der Waals surface area contributed by atoms with Gasteiger partial charge in [0.05, 0.1) is 6.10 Å². The minimum absolute atomic E-state index is 0.293. The molecule has 2 unspecified atom stereocenters. The largest absolute Gasteiger partial charge is 0.480 e. The normalized spacial score (nSPS) is 12.4. The second-order valence-electron chi connectivity index (χ2n) is 5.36. The number of aliphatic hydroxyl groups is 1. The van der Waals surface area contributed by atoms with Crippen LogP contribution in [-0.4, -0.2) is 34.2 Å². The number of hydrogen-bond acceptors (Lipinski definition) is 3. The first-order chi connectivity index (χ1) is 11.9. The maximum absolute atomic E-state index is 12.1. The Labute approximate surface area is 153 Å². The minimum Gasteiger partial charge on any atom is -0.480 e. The van der Waals surface area contributed by atoms with E-state index in [0.29, 0.717) is 5.56 Å². The van der Waals surface area contributed by atoms with E-state index in [1.54, 1.807) is 24.3 Å². The van der Waals surface area contributed by atoms with Gasteiger partial charge in [-0.15, -0.1) is 0 Å². The zero-order chi connectivity index (χ0) is 18.4. The Morgan fingerprint density at radius 2 is 1.48 bits per heavy atom. The molecule has 128 valence electrons. The Bertz CT molecular complexity index is 817. The molecule has 0 bridgehead atoms. The van der Waals surface area contributed by atoms with Crippen LogP contribution in [0.4, 0.5) is 0 Å². The summed E-state index contributed by atoms with van der Waals surface area (Å²) in [6.07, 6.45) is -1.20. The molecule has 3 N–H and O–H groups in total. The number of aliphatic carboxylic acids is 1. The smallest absolute Gasteiger partial charge is 0.328 e. The molecular formula is C19H16BrNO4. The second kappa shape index (κ2) is 8.47. The molecule has 0 aliphatic heterocycles. The Morgan fingerprint density at radius 3 is 1.92 bits per heavy atom. The maximum Gasteiger partial charge on any atom is 0.328 e. The van der Waals surface area contributed by atoms with Gasteiger partial charge in [0.1, 0.15) is 0 Å². The summed E-state index contributed by atoms with van der Waals surface area (Å²) in [7, 11) is 0. The first-order valence-corrected chi connectivity index (χ1v) is 8.25. The fraction of sp³-hybridized carbons (Fsp3) is 0.158. The van der Waals surface area contributed by atoms with Crippen LogP contribution in [0, 0.1) is 11.8 Å². The summed E-state index contributed by atoms with van der Waals surface area (Å²) in [5.41, 5.74) is 1.89. The van der Waals surface area contributed by atoms with E-state index >= 15 is 0 Å². The highest BCUT2D eigenvalue weighted by Crippen LogP contribution is 2.10. The molecule has 0 spiro atoms. The number of rotatable bonds is 4. The van der Waals surface area contributed by atoms with E-state index in [4.69, 9.17) is 5.11 Å². The number of carbonyl (C=O) groups is 2. The molecule has 1 amide bonds. The van der Waals surface area contributed by atoms with Crippen LogP contribution in [0.2, 0.25) is 0 Å². The van der Waals surface area contributed by atoms with E-state index in [0.717, 1.165) is 15.6 Å². The first-order valence-electron chi connectivity index (χ1n) is 7.46. The van der Waals surface area contributed by atoms with Gasteiger partial charge < -0.3 is 15.5 Å². The van der Waals surface area contributed by atoms with Crippen molar-refractivity contribution in [3.63, 3.8) is 0 Å². The van der Waals surface area contributed by atoms with E-state index < -0.39 is 24.0 Å². The van der Waals surface area contributed by atoms with E-state index in [-0.39, 0.29) is 0 Å². The van der Waals surface area contributed by atoms with E-state index in [9.17, 15) is 14.7 Å². The fourth-order valence-corrected chi connectivity index (χ4v) is 2.26. The molecule has 0 saturated heterocycles. The average molecular weight is 402 g/mol. The van der Waals surface area contributed by atoms with Crippen LogP contribution in [0.15, 0.2) is 53.0 Å². The number of aliphatic hydroxyl groups excluding tert-OH is 1. The van der Waals surface area contributed by atoms with Gasteiger partial charge in [-0.25, -0.2) is 4.79 Å². The van der Waals surface area contributed by atoms with Crippen molar-refractivity contribution in [1.82, 2.24) is 5.32 Å². The summed E-state index contributed by atoms with van der Waals surface area (Å²) in [6.45, 7) is 1.31. The van der Waals surface area contributed by atoms with Gasteiger partial charge in [-0.3, -0.25) is 4.79 Å². The Morgan fingerprint density at radius 1 is 1.00 bits per heavy atom. The lowest BCUT2D eigenvalue weighted by atomic mass is 10.1. The molecule has 0 heterocycles. The molecular weight excluding hydrogens is 386 g/mol. The third-order valence-corrected chi connectivity index (χ3v) is 3.91. The van der Waals surface area contributed by atoms with Gasteiger partial charge in [-0.2, -0.15) is 0 Å². The van der Waals surface area contributed by atoms with Crippen LogP contribution in [0.25, 0.3) is 0 Å². The summed E-state index contributed by atoms with van der Waals surface area (Å²) in [5.74, 6) is 4.15. The first kappa shape index (κ1) is 18.7. The summed E-state index contributed by atoms with van der Waals surface area (Å²) >= 11 is 3.36. The molecule has 2 aromatic rings. The Kier molecular flexibility index (Phi) is 6.34. The number of carboxylic acids is 1. The van der Waals surface area contributed by atoms with Crippen molar-refractivity contribution >= 4 is 27.8 Å². The molecule has 0 saturated carbocycles. The van der Waals surface area contributed by atoms with Crippen LogP contribution in [0.5, 0.6) is 0 Å². The summed E-state index contributed by atoms with van der Waals surface area (Å²) in [5, 5.41) is 20.7. The molecule has 5 nitrogen and oxygen atoms in total. The monoisotopic (exact) mass is 401 g/mol. The fourth-order valence-electron chi connectivity index (χ4n) is 2.00. The highest BCUT2D eigenvalue weighted by atomic mass is 79.9. The van der Waals surface area contributed by atoms with Crippen molar-refractivity contribution in [1.29, 1.82) is 0 Å². The SMILES string of the molecule is CC(O)C(NC(=O)c1ccc(C#Cc2ccc(Br)cc2)cc1)C(=O)O. The third kappa shape index (κ3) is 5.45. The van der Waals surface area contributed by atoms with E-state index in [1.165, 1.54) is 6.92 Å². The molecule has 25 heavy (non-hydrogen) atoms. The van der Waals surface area contributed by atoms with Crippen LogP contribution < -0.4 is 5.32 Å². The Balaban J connectivity index is 2.08. The van der Waals surface area contributed by atoms with Gasteiger partial charge in [-0.05, 0) is 55.5 Å². The van der Waals surface area contributed by atoms with Crippen LogP contribution in [-0.2, 0) is 4.79 Å². The predicted molar refractivity (Wildman–Crippen MR) is 97.1 cm³/mol. The highest BCUT2D eigenvalue weighted by Gasteiger charge is 2.25. The standard InChI is InChI=1S/C19H16BrNO4/c1-12(22)17(19(24)25)21-18(23)15-8-4-13(5-9-15)2-3-14-6-10-16(20)11-7-14/h4-12,17,22H,1H3,(H,21,23)(H,24,25). The second-order valence-corrected chi connectivity index (χ2v) is 6.28. The number of carbonyl (C=O) groups excluding carboxylic acids is 1. The summed E-state index contributed by atoms with van der Waals surface area (Å²) in [4.78, 5) is 23.1. The van der Waals surface area contributed by atoms with E-state index in [2.05, 4.69) is 33.1 Å². The van der Waals surface area contributed by atoms with Gasteiger partial charge in [0.25, 0.3) is 5.91 Å². The lowest BCUT2D eigenvalue weighted by Crippen LogP contribution is -2.47. The zero-order valence-corrected chi connectivity index (χ0v) is 14.9. The topological polar surface area (TPSA) is 86.6 Å². The molecule has 0 radical (unpaired) electrons. The van der Waals surface area contributed by atoms with Crippen molar-refractivity contribution < 1.29 is 19.8 Å².